The molecule has 0 saturated heterocycles. The van der Waals surface area contributed by atoms with Crippen molar-refractivity contribution in [3.8, 4) is 0 Å². The van der Waals surface area contributed by atoms with Crippen LogP contribution in [0.5, 0.6) is 0 Å². The molecular formula is C22H34O. The van der Waals surface area contributed by atoms with E-state index in [1.807, 2.05) is 0 Å². The van der Waals surface area contributed by atoms with E-state index in [1.54, 1.807) is 0 Å². The molecule has 1 nitrogen and oxygen atoms in total. The molecule has 0 aromatic carbocycles. The zero-order chi connectivity index (χ0) is 15.7. The zero-order valence-corrected chi connectivity index (χ0v) is 14.8. The number of fused-ring (bicyclic) bond motifs is 4. The van der Waals surface area contributed by atoms with E-state index in [2.05, 4.69) is 19.1 Å². The minimum absolute atomic E-state index is 0.00102. The van der Waals surface area contributed by atoms with Gasteiger partial charge in [-0.25, -0.2) is 0 Å². The van der Waals surface area contributed by atoms with E-state index in [0.29, 0.717) is 10.8 Å². The molecule has 5 aliphatic carbocycles. The van der Waals surface area contributed by atoms with Gasteiger partial charge in [-0.3, -0.25) is 0 Å². The Morgan fingerprint density at radius 1 is 0.913 bits per heavy atom. The van der Waals surface area contributed by atoms with Crippen molar-refractivity contribution < 1.29 is 5.11 Å². The highest BCUT2D eigenvalue weighted by atomic mass is 16.3. The Hall–Kier alpha value is -0.300. The lowest BCUT2D eigenvalue weighted by Crippen LogP contribution is -2.54. The second kappa shape index (κ2) is 5.10. The number of aliphatic hydroxyl groups excluding tert-OH is 1. The standard InChI is InChI=1S/C22H34O/c1-21-12-9-17(23)14-16(21)5-7-18-19(21)10-13-22-11-3-2-4-15(22)6-8-20(18)22/h2,4,15-20,23H,3,5-14H2,1H3/t15-,16+,17+,18+,19-,20-,21-,22-/m0/s1. The van der Waals surface area contributed by atoms with E-state index in [9.17, 15) is 5.11 Å². The Balaban J connectivity index is 1.46. The van der Waals surface area contributed by atoms with Crippen LogP contribution in [0.4, 0.5) is 0 Å². The van der Waals surface area contributed by atoms with Crippen molar-refractivity contribution in [2.75, 3.05) is 0 Å². The smallest absolute Gasteiger partial charge is 0.0543 e. The third kappa shape index (κ3) is 1.95. The van der Waals surface area contributed by atoms with E-state index in [0.717, 1.165) is 42.4 Å². The van der Waals surface area contributed by atoms with Crippen LogP contribution in [0.25, 0.3) is 0 Å². The lowest BCUT2D eigenvalue weighted by Gasteiger charge is -2.61. The summed E-state index contributed by atoms with van der Waals surface area (Å²) in [6.07, 6.45) is 20.2. The van der Waals surface area contributed by atoms with Crippen molar-refractivity contribution in [1.82, 2.24) is 0 Å². The molecule has 0 bridgehead atoms. The highest BCUT2D eigenvalue weighted by Crippen LogP contribution is 2.69. The van der Waals surface area contributed by atoms with Crippen LogP contribution in [0.15, 0.2) is 12.2 Å². The first kappa shape index (κ1) is 15.0. The summed E-state index contributed by atoms with van der Waals surface area (Å²) in [5.74, 6) is 4.73. The Morgan fingerprint density at radius 2 is 1.83 bits per heavy atom. The van der Waals surface area contributed by atoms with Crippen molar-refractivity contribution in [2.45, 2.75) is 83.7 Å². The van der Waals surface area contributed by atoms with Gasteiger partial charge >= 0.3 is 0 Å². The quantitative estimate of drug-likeness (QED) is 0.599. The van der Waals surface area contributed by atoms with Crippen LogP contribution < -0.4 is 0 Å². The second-order valence-corrected chi connectivity index (χ2v) is 10.0. The van der Waals surface area contributed by atoms with E-state index in [4.69, 9.17) is 0 Å². The number of hydrogen-bond acceptors (Lipinski definition) is 1. The lowest BCUT2D eigenvalue weighted by atomic mass is 9.43. The van der Waals surface area contributed by atoms with Crippen LogP contribution in [-0.2, 0) is 0 Å². The number of allylic oxidation sites excluding steroid dienone is 2. The topological polar surface area (TPSA) is 20.2 Å². The maximum Gasteiger partial charge on any atom is 0.0543 e. The van der Waals surface area contributed by atoms with Gasteiger partial charge in [0.15, 0.2) is 0 Å². The third-order valence-corrected chi connectivity index (χ3v) is 9.57. The second-order valence-electron chi connectivity index (χ2n) is 10.0. The molecule has 0 heterocycles. The fourth-order valence-corrected chi connectivity index (χ4v) is 8.48. The van der Waals surface area contributed by atoms with Crippen molar-refractivity contribution in [2.24, 2.45) is 40.4 Å². The van der Waals surface area contributed by atoms with Gasteiger partial charge in [-0.1, -0.05) is 19.1 Å². The predicted octanol–water partition coefficient (Wildman–Crippen LogP) is 5.34. The summed E-state index contributed by atoms with van der Waals surface area (Å²) < 4.78 is 0. The first-order chi connectivity index (χ1) is 11.1. The van der Waals surface area contributed by atoms with Crippen LogP contribution in [-0.4, -0.2) is 11.2 Å². The Morgan fingerprint density at radius 3 is 2.74 bits per heavy atom. The van der Waals surface area contributed by atoms with Gasteiger partial charge in [-0.05, 0) is 111 Å². The molecule has 8 atom stereocenters. The molecule has 128 valence electrons. The van der Waals surface area contributed by atoms with Crippen LogP contribution in [0.2, 0.25) is 0 Å². The third-order valence-electron chi connectivity index (χ3n) is 9.57. The molecule has 1 N–H and O–H groups in total. The monoisotopic (exact) mass is 314 g/mol. The number of hydrogen-bond donors (Lipinski definition) is 1. The molecule has 1 spiro atoms. The first-order valence-corrected chi connectivity index (χ1v) is 10.5. The molecule has 1 heteroatoms. The van der Waals surface area contributed by atoms with Gasteiger partial charge in [-0.2, -0.15) is 0 Å². The minimum atomic E-state index is -0.00102. The van der Waals surface area contributed by atoms with Gasteiger partial charge < -0.3 is 5.11 Å². The molecule has 5 aliphatic rings. The van der Waals surface area contributed by atoms with E-state index < -0.39 is 0 Å². The molecule has 4 fully saturated rings. The fourth-order valence-electron chi connectivity index (χ4n) is 8.48. The van der Waals surface area contributed by atoms with Crippen LogP contribution in [0, 0.1) is 40.4 Å². The Kier molecular flexibility index (Phi) is 3.32. The average molecular weight is 315 g/mol. The van der Waals surface area contributed by atoms with E-state index >= 15 is 0 Å². The number of rotatable bonds is 0. The highest BCUT2D eigenvalue weighted by molar-refractivity contribution is 5.16. The predicted molar refractivity (Wildman–Crippen MR) is 93.9 cm³/mol. The molecule has 0 radical (unpaired) electrons. The van der Waals surface area contributed by atoms with E-state index in [-0.39, 0.29) is 6.10 Å². The summed E-state index contributed by atoms with van der Waals surface area (Å²) in [6, 6.07) is 0. The van der Waals surface area contributed by atoms with Gasteiger partial charge in [0.1, 0.15) is 0 Å². The van der Waals surface area contributed by atoms with Crippen molar-refractivity contribution >= 4 is 0 Å². The lowest BCUT2D eigenvalue weighted by molar-refractivity contribution is -0.130. The summed E-state index contributed by atoms with van der Waals surface area (Å²) >= 11 is 0. The molecule has 0 aromatic heterocycles. The van der Waals surface area contributed by atoms with Gasteiger partial charge in [0.25, 0.3) is 0 Å². The molecule has 23 heavy (non-hydrogen) atoms. The summed E-state index contributed by atoms with van der Waals surface area (Å²) in [5.41, 5.74) is 1.25. The molecular weight excluding hydrogens is 280 g/mol. The molecule has 0 amide bonds. The molecule has 0 aliphatic heterocycles. The highest BCUT2D eigenvalue weighted by Gasteiger charge is 2.61. The maximum atomic E-state index is 10.2. The molecule has 0 unspecified atom stereocenters. The first-order valence-electron chi connectivity index (χ1n) is 10.5. The van der Waals surface area contributed by atoms with Gasteiger partial charge in [0.2, 0.25) is 0 Å². The van der Waals surface area contributed by atoms with Gasteiger partial charge in [0.05, 0.1) is 6.10 Å². The summed E-state index contributed by atoms with van der Waals surface area (Å²) in [6.45, 7) is 2.62. The molecule has 4 saturated carbocycles. The van der Waals surface area contributed by atoms with Crippen molar-refractivity contribution in [3.05, 3.63) is 12.2 Å². The minimum Gasteiger partial charge on any atom is -0.393 e. The normalized spacial score (nSPS) is 58.0. The van der Waals surface area contributed by atoms with Crippen molar-refractivity contribution in [3.63, 3.8) is 0 Å². The summed E-state index contributed by atoms with van der Waals surface area (Å²) in [5, 5.41) is 10.2. The molecule has 5 rings (SSSR count). The largest absolute Gasteiger partial charge is 0.393 e. The maximum absolute atomic E-state index is 10.2. The fraction of sp³-hybridized carbons (Fsp3) is 0.909. The van der Waals surface area contributed by atoms with Crippen LogP contribution in [0.3, 0.4) is 0 Å². The number of aliphatic hydroxyl groups is 1. The Labute approximate surface area is 141 Å². The summed E-state index contributed by atoms with van der Waals surface area (Å²) in [7, 11) is 0. The van der Waals surface area contributed by atoms with Gasteiger partial charge in [-0.15, -0.1) is 0 Å². The van der Waals surface area contributed by atoms with Gasteiger partial charge in [0, 0.05) is 0 Å². The molecule has 0 aromatic rings. The van der Waals surface area contributed by atoms with E-state index in [1.165, 1.54) is 57.8 Å². The SMILES string of the molecule is C[C@]12CC[C@@H](O)C[C@H]1CC[C@@H]1[C@@H]2CC[C@@]23CCC=C[C@H]2CC[C@@H]13. The summed E-state index contributed by atoms with van der Waals surface area (Å²) in [4.78, 5) is 0. The Bertz CT molecular complexity index is 510. The zero-order valence-electron chi connectivity index (χ0n) is 14.8. The van der Waals surface area contributed by atoms with Crippen molar-refractivity contribution in [1.29, 1.82) is 0 Å². The van der Waals surface area contributed by atoms with Crippen LogP contribution in [0.1, 0.15) is 77.6 Å². The van der Waals surface area contributed by atoms with Crippen LogP contribution >= 0.6 is 0 Å². The average Bonchev–Trinajstić information content (AvgIpc) is 2.95.